The molecule has 0 spiro atoms. The molecule has 1 aromatic rings. The summed E-state index contributed by atoms with van der Waals surface area (Å²) in [5.74, 6) is -3.58. The Morgan fingerprint density at radius 3 is 2.29 bits per heavy atom. The van der Waals surface area contributed by atoms with E-state index in [1.807, 2.05) is 0 Å². The van der Waals surface area contributed by atoms with Crippen LogP contribution in [0.4, 0.5) is 4.39 Å². The number of nitrogens with zero attached hydrogens (tertiary/aromatic N) is 2. The molecular formula is C9H7FN2O2. The number of aliphatic carboxylic acids is 1. The molecule has 0 bridgehead atoms. The Balaban J connectivity index is 2.48. The van der Waals surface area contributed by atoms with E-state index in [1.165, 1.54) is 0 Å². The lowest BCUT2D eigenvalue weighted by Crippen LogP contribution is -2.20. The number of hydrogen-bond donors (Lipinski definition) is 1. The summed E-state index contributed by atoms with van der Waals surface area (Å²) < 4.78 is 13.6. The average molecular weight is 194 g/mol. The van der Waals surface area contributed by atoms with Crippen LogP contribution in [0.15, 0.2) is 34.3 Å². The van der Waals surface area contributed by atoms with Gasteiger partial charge in [0.25, 0.3) is 0 Å². The molecular weight excluding hydrogens is 187 g/mol. The van der Waals surface area contributed by atoms with Gasteiger partial charge in [0, 0.05) is 0 Å². The van der Waals surface area contributed by atoms with Crippen molar-refractivity contribution in [1.82, 2.24) is 0 Å². The molecule has 0 saturated heterocycles. The number of para-hydroxylation sites is 2. The molecule has 0 radical (unpaired) electrons. The van der Waals surface area contributed by atoms with Crippen molar-refractivity contribution in [2.75, 3.05) is 0 Å². The number of carbonyl (C=O) groups is 1. The number of rotatable bonds is 2. The van der Waals surface area contributed by atoms with Crippen LogP contribution in [0, 0.1) is 0 Å². The number of alkyl halides is 1. The first-order valence-electron chi connectivity index (χ1n) is 4.05. The van der Waals surface area contributed by atoms with E-state index < -0.39 is 18.3 Å². The van der Waals surface area contributed by atoms with Crippen molar-refractivity contribution >= 4 is 5.97 Å². The summed E-state index contributed by atoms with van der Waals surface area (Å²) in [6.07, 6.45) is -0.734. The Morgan fingerprint density at radius 1 is 1.36 bits per heavy atom. The average Bonchev–Trinajstić information content (AvgIpc) is 2.38. The first kappa shape index (κ1) is 8.80. The molecule has 0 amide bonds. The van der Waals surface area contributed by atoms with Gasteiger partial charge >= 0.3 is 11.9 Å². The fraction of sp³-hybridized carbons (Fsp3) is 0.222. The fourth-order valence-corrected chi connectivity index (χ4v) is 1.32. The van der Waals surface area contributed by atoms with Crippen LogP contribution in [0.2, 0.25) is 0 Å². The van der Waals surface area contributed by atoms with Gasteiger partial charge in [0.1, 0.15) is 6.42 Å². The van der Waals surface area contributed by atoms with Gasteiger partial charge in [0.2, 0.25) is 0 Å². The maximum Gasteiger partial charge on any atom is 0.310 e. The van der Waals surface area contributed by atoms with Crippen molar-refractivity contribution in [1.29, 1.82) is 0 Å². The van der Waals surface area contributed by atoms with Gasteiger partial charge in [-0.15, -0.1) is 0 Å². The smallest absolute Gasteiger partial charge is 0.310 e. The second-order valence-electron chi connectivity index (χ2n) is 3.00. The van der Waals surface area contributed by atoms with Crippen LogP contribution >= 0.6 is 0 Å². The highest BCUT2D eigenvalue weighted by atomic mass is 19.1. The molecule has 1 aliphatic heterocycles. The van der Waals surface area contributed by atoms with E-state index in [0.717, 1.165) is 0 Å². The molecule has 1 aromatic carbocycles. The van der Waals surface area contributed by atoms with Crippen LogP contribution < -0.4 is 10.7 Å². The molecule has 1 aliphatic rings. The highest BCUT2D eigenvalue weighted by Gasteiger charge is 2.33. The molecule has 1 N–H and O–H groups in total. The summed E-state index contributed by atoms with van der Waals surface area (Å²) in [5.41, 5.74) is 0. The SMILES string of the molecule is O=C(O)CC1(F)N=c2ccccc2=N1. The van der Waals surface area contributed by atoms with Crippen LogP contribution in [0.3, 0.4) is 0 Å². The van der Waals surface area contributed by atoms with Crippen molar-refractivity contribution in [2.45, 2.75) is 12.3 Å². The quantitative estimate of drug-likeness (QED) is 0.675. The maximum atomic E-state index is 13.6. The zero-order chi connectivity index (χ0) is 10.2. The molecule has 0 unspecified atom stereocenters. The van der Waals surface area contributed by atoms with E-state index in [4.69, 9.17) is 5.11 Å². The largest absolute Gasteiger partial charge is 0.481 e. The molecule has 14 heavy (non-hydrogen) atoms. The van der Waals surface area contributed by atoms with Gasteiger partial charge in [0.05, 0.1) is 10.7 Å². The third kappa shape index (κ3) is 1.48. The van der Waals surface area contributed by atoms with E-state index in [0.29, 0.717) is 10.7 Å². The predicted molar refractivity (Wildman–Crippen MR) is 44.8 cm³/mol. The molecule has 0 atom stereocenters. The first-order chi connectivity index (χ1) is 6.59. The van der Waals surface area contributed by atoms with Crippen molar-refractivity contribution in [2.24, 2.45) is 9.98 Å². The molecule has 4 nitrogen and oxygen atoms in total. The Labute approximate surface area is 78.4 Å². The number of carboxylic acid groups (broad SMARTS) is 1. The van der Waals surface area contributed by atoms with Crippen molar-refractivity contribution in [3.8, 4) is 0 Å². The minimum absolute atomic E-state index is 0.399. The van der Waals surface area contributed by atoms with E-state index >= 15 is 0 Å². The molecule has 0 aliphatic carbocycles. The lowest BCUT2D eigenvalue weighted by atomic mass is 10.3. The van der Waals surface area contributed by atoms with Crippen LogP contribution in [0.25, 0.3) is 0 Å². The molecule has 0 saturated carbocycles. The van der Waals surface area contributed by atoms with Crippen LogP contribution in [0.5, 0.6) is 0 Å². The normalized spacial score (nSPS) is 16.6. The Hall–Kier alpha value is -1.78. The lowest BCUT2D eigenvalue weighted by molar-refractivity contribution is -0.139. The van der Waals surface area contributed by atoms with Gasteiger partial charge < -0.3 is 5.11 Å². The zero-order valence-electron chi connectivity index (χ0n) is 7.14. The molecule has 0 fully saturated rings. The Morgan fingerprint density at radius 2 is 1.86 bits per heavy atom. The minimum Gasteiger partial charge on any atom is -0.481 e. The van der Waals surface area contributed by atoms with Crippen LogP contribution in [-0.4, -0.2) is 17.0 Å². The summed E-state index contributed by atoms with van der Waals surface area (Å²) in [5, 5.41) is 9.26. The van der Waals surface area contributed by atoms with Gasteiger partial charge in [-0.1, -0.05) is 12.1 Å². The fourth-order valence-electron chi connectivity index (χ4n) is 1.32. The highest BCUT2D eigenvalue weighted by Crippen LogP contribution is 2.19. The number of carboxylic acids is 1. The number of hydrogen-bond acceptors (Lipinski definition) is 3. The van der Waals surface area contributed by atoms with Crippen LogP contribution in [-0.2, 0) is 4.79 Å². The first-order valence-corrected chi connectivity index (χ1v) is 4.05. The monoisotopic (exact) mass is 194 g/mol. The van der Waals surface area contributed by atoms with Gasteiger partial charge in [-0.2, -0.15) is 4.39 Å². The Kier molecular flexibility index (Phi) is 1.80. The minimum atomic E-state index is -2.32. The zero-order valence-corrected chi connectivity index (χ0v) is 7.14. The summed E-state index contributed by atoms with van der Waals surface area (Å²) in [6, 6.07) is 6.60. The third-order valence-corrected chi connectivity index (χ3v) is 1.84. The summed E-state index contributed by atoms with van der Waals surface area (Å²) in [7, 11) is 0. The van der Waals surface area contributed by atoms with Crippen LogP contribution in [0.1, 0.15) is 6.42 Å². The molecule has 1 heterocycles. The standard InChI is InChI=1S/C9H7FN2O2/c10-9(5-8(13)14)11-6-3-1-2-4-7(6)12-9/h1-4H,5H2,(H,13,14). The number of fused-ring (bicyclic) bond motifs is 1. The second kappa shape index (κ2) is 2.87. The van der Waals surface area contributed by atoms with E-state index in [2.05, 4.69) is 9.98 Å². The van der Waals surface area contributed by atoms with Gasteiger partial charge in [-0.25, -0.2) is 9.98 Å². The van der Waals surface area contributed by atoms with Gasteiger partial charge in [0.15, 0.2) is 0 Å². The van der Waals surface area contributed by atoms with Crippen molar-refractivity contribution < 1.29 is 14.3 Å². The summed E-state index contributed by atoms with van der Waals surface area (Å²) in [6.45, 7) is 0. The summed E-state index contributed by atoms with van der Waals surface area (Å²) in [4.78, 5) is 17.6. The maximum absolute atomic E-state index is 13.6. The van der Waals surface area contributed by atoms with E-state index in [1.54, 1.807) is 24.3 Å². The Bertz CT molecular complexity index is 463. The van der Waals surface area contributed by atoms with E-state index in [9.17, 15) is 9.18 Å². The highest BCUT2D eigenvalue weighted by molar-refractivity contribution is 5.68. The predicted octanol–water partition coefficient (Wildman–Crippen LogP) is 0.0374. The topological polar surface area (TPSA) is 62.0 Å². The molecule has 5 heteroatoms. The third-order valence-electron chi connectivity index (χ3n) is 1.84. The van der Waals surface area contributed by atoms with Gasteiger partial charge in [-0.3, -0.25) is 4.79 Å². The van der Waals surface area contributed by atoms with Crippen molar-refractivity contribution in [3.05, 3.63) is 35.0 Å². The number of benzene rings is 1. The van der Waals surface area contributed by atoms with Gasteiger partial charge in [-0.05, 0) is 12.1 Å². The molecule has 72 valence electrons. The number of halogens is 1. The second-order valence-corrected chi connectivity index (χ2v) is 3.00. The molecule has 2 rings (SSSR count). The van der Waals surface area contributed by atoms with Crippen molar-refractivity contribution in [3.63, 3.8) is 0 Å². The lowest BCUT2D eigenvalue weighted by Gasteiger charge is -2.08. The van der Waals surface area contributed by atoms with E-state index in [-0.39, 0.29) is 0 Å². The molecule has 0 aromatic heterocycles. The summed E-state index contributed by atoms with van der Waals surface area (Å²) >= 11 is 0.